The fourth-order valence-corrected chi connectivity index (χ4v) is 3.59. The van der Waals surface area contributed by atoms with Gasteiger partial charge in [0.15, 0.2) is 17.4 Å². The van der Waals surface area contributed by atoms with Crippen LogP contribution in [0.1, 0.15) is 30.0 Å². The average Bonchev–Trinajstić information content (AvgIpc) is 2.80. The quantitative estimate of drug-likeness (QED) is 0.258. The Bertz CT molecular complexity index is 1160. The van der Waals surface area contributed by atoms with Crippen molar-refractivity contribution >= 4 is 0 Å². The molecule has 10 heteroatoms. The second-order valence-electron chi connectivity index (χ2n) is 8.22. The minimum Gasteiger partial charge on any atom is -0.424 e. The van der Waals surface area contributed by atoms with Gasteiger partial charge < -0.3 is 4.74 Å². The van der Waals surface area contributed by atoms with Crippen molar-refractivity contribution in [2.45, 2.75) is 51.1 Å². The van der Waals surface area contributed by atoms with Gasteiger partial charge in [-0.1, -0.05) is 49.7 Å². The van der Waals surface area contributed by atoms with Crippen LogP contribution in [0.3, 0.4) is 0 Å². The molecule has 0 aliphatic rings. The first-order valence-electron chi connectivity index (χ1n) is 10.9. The fourth-order valence-electron chi connectivity index (χ4n) is 3.59. The summed E-state index contributed by atoms with van der Waals surface area (Å²) in [4.78, 5) is 0. The van der Waals surface area contributed by atoms with Gasteiger partial charge in [0.25, 0.3) is 6.17 Å². The maximum absolute atomic E-state index is 14.7. The molecule has 3 rings (SSSR count). The highest BCUT2D eigenvalue weighted by Crippen LogP contribution is 2.39. The van der Waals surface area contributed by atoms with Crippen LogP contribution in [0.4, 0.5) is 39.5 Å². The Morgan fingerprint density at radius 2 is 1.19 bits per heavy atom. The van der Waals surface area contributed by atoms with Crippen LogP contribution >= 0.6 is 0 Å². The summed E-state index contributed by atoms with van der Waals surface area (Å²) >= 11 is 0. The highest BCUT2D eigenvalue weighted by molar-refractivity contribution is 5.66. The Labute approximate surface area is 201 Å². The highest BCUT2D eigenvalue weighted by Gasteiger charge is 2.59. The highest BCUT2D eigenvalue weighted by atomic mass is 19.4. The Morgan fingerprint density at radius 3 is 1.69 bits per heavy atom. The van der Waals surface area contributed by atoms with E-state index < -0.39 is 47.2 Å². The number of rotatable bonds is 9. The molecule has 0 fully saturated rings. The molecule has 1 atom stereocenters. The second-order valence-corrected chi connectivity index (χ2v) is 8.22. The normalized spacial score (nSPS) is 13.1. The maximum Gasteiger partial charge on any atom is 0.439 e. The number of hydrogen-bond acceptors (Lipinski definition) is 1. The molecular formula is C26H21F9O. The number of alkyl halides is 6. The van der Waals surface area contributed by atoms with Gasteiger partial charge in [-0.25, -0.2) is 17.6 Å². The van der Waals surface area contributed by atoms with E-state index in [1.54, 1.807) is 0 Å². The van der Waals surface area contributed by atoms with Crippen LogP contribution in [0.5, 0.6) is 5.75 Å². The molecule has 0 saturated heterocycles. The molecule has 194 valence electrons. The van der Waals surface area contributed by atoms with E-state index in [-0.39, 0.29) is 5.56 Å². The van der Waals surface area contributed by atoms with Gasteiger partial charge in [-0.05, 0) is 59.7 Å². The summed E-state index contributed by atoms with van der Waals surface area (Å²) in [6.07, 6.45) is -13.4. The lowest BCUT2D eigenvalue weighted by Crippen LogP contribution is -2.46. The molecule has 0 aliphatic heterocycles. The van der Waals surface area contributed by atoms with Crippen LogP contribution in [-0.4, -0.2) is 18.5 Å². The maximum atomic E-state index is 14.7. The summed E-state index contributed by atoms with van der Waals surface area (Å²) in [6.45, 7) is 2.08. The van der Waals surface area contributed by atoms with Gasteiger partial charge in [0.1, 0.15) is 5.82 Å². The van der Waals surface area contributed by atoms with E-state index in [2.05, 4.69) is 11.7 Å². The van der Waals surface area contributed by atoms with Crippen molar-refractivity contribution in [3.8, 4) is 16.9 Å². The molecule has 0 N–H and O–H groups in total. The van der Waals surface area contributed by atoms with Gasteiger partial charge in [-0.3, -0.25) is 0 Å². The first kappa shape index (κ1) is 27.4. The van der Waals surface area contributed by atoms with Crippen molar-refractivity contribution < 1.29 is 44.3 Å². The zero-order valence-corrected chi connectivity index (χ0v) is 18.9. The first-order chi connectivity index (χ1) is 16.8. The molecule has 3 aromatic carbocycles. The lowest BCUT2D eigenvalue weighted by Gasteiger charge is -2.23. The molecular weight excluding hydrogens is 499 g/mol. The van der Waals surface area contributed by atoms with Crippen molar-refractivity contribution in [3.05, 3.63) is 88.7 Å². The van der Waals surface area contributed by atoms with Crippen LogP contribution in [0, 0.1) is 17.5 Å². The summed E-state index contributed by atoms with van der Waals surface area (Å²) in [5.74, 6) is -6.48. The zero-order chi connectivity index (χ0) is 26.7. The smallest absolute Gasteiger partial charge is 0.424 e. The molecule has 0 saturated carbocycles. The number of ether oxygens (including phenoxy) is 1. The van der Waals surface area contributed by atoms with Gasteiger partial charge >= 0.3 is 12.3 Å². The number of benzene rings is 3. The monoisotopic (exact) mass is 520 g/mol. The largest absolute Gasteiger partial charge is 0.439 e. The minimum absolute atomic E-state index is 0.280. The molecule has 0 spiro atoms. The Balaban J connectivity index is 1.76. The Kier molecular flexibility index (Phi) is 8.26. The molecule has 0 heterocycles. The number of halogens is 9. The third-order valence-corrected chi connectivity index (χ3v) is 5.43. The van der Waals surface area contributed by atoms with Crippen molar-refractivity contribution in [1.29, 1.82) is 0 Å². The predicted octanol–water partition coefficient (Wildman–Crippen LogP) is 8.38. The number of aryl methyl sites for hydroxylation is 3. The van der Waals surface area contributed by atoms with Crippen LogP contribution in [-0.2, 0) is 19.3 Å². The van der Waals surface area contributed by atoms with Gasteiger partial charge in [0.2, 0.25) is 0 Å². The molecule has 0 bridgehead atoms. The van der Waals surface area contributed by atoms with Crippen molar-refractivity contribution in [3.63, 3.8) is 0 Å². The van der Waals surface area contributed by atoms with Gasteiger partial charge in [-0.2, -0.15) is 22.0 Å². The molecule has 0 amide bonds. The topological polar surface area (TPSA) is 9.23 Å². The lowest BCUT2D eigenvalue weighted by molar-refractivity contribution is -0.306. The van der Waals surface area contributed by atoms with E-state index in [0.29, 0.717) is 30.5 Å². The summed E-state index contributed by atoms with van der Waals surface area (Å²) in [6, 6.07) is 12.7. The van der Waals surface area contributed by atoms with Crippen molar-refractivity contribution in [2.24, 2.45) is 0 Å². The molecule has 1 nitrogen and oxygen atoms in total. The SMILES string of the molecule is CCCc1ccc(CCc2ccc(-c3cc(F)c(OC(F)(F)C(F)C(F)(F)F)c(F)c3)c(F)c2)cc1. The van der Waals surface area contributed by atoms with Gasteiger partial charge in [-0.15, -0.1) is 0 Å². The van der Waals surface area contributed by atoms with Crippen LogP contribution in [0.2, 0.25) is 0 Å². The summed E-state index contributed by atoms with van der Waals surface area (Å²) < 4.78 is 123. The van der Waals surface area contributed by atoms with E-state index in [0.717, 1.165) is 24.5 Å². The third kappa shape index (κ3) is 6.53. The summed E-state index contributed by atoms with van der Waals surface area (Å²) in [7, 11) is 0. The molecule has 0 aromatic heterocycles. The van der Waals surface area contributed by atoms with E-state index >= 15 is 0 Å². The first-order valence-corrected chi connectivity index (χ1v) is 10.9. The van der Waals surface area contributed by atoms with E-state index in [1.807, 2.05) is 24.3 Å². The average molecular weight is 520 g/mol. The molecule has 0 aliphatic carbocycles. The van der Waals surface area contributed by atoms with Gasteiger partial charge in [0.05, 0.1) is 0 Å². The van der Waals surface area contributed by atoms with E-state index in [9.17, 15) is 39.5 Å². The van der Waals surface area contributed by atoms with Gasteiger partial charge in [0, 0.05) is 5.56 Å². The summed E-state index contributed by atoms with van der Waals surface area (Å²) in [5, 5.41) is 0. The molecule has 0 radical (unpaired) electrons. The number of hydrogen-bond donors (Lipinski definition) is 0. The second kappa shape index (κ2) is 10.8. The zero-order valence-electron chi connectivity index (χ0n) is 18.9. The van der Waals surface area contributed by atoms with Crippen molar-refractivity contribution in [2.75, 3.05) is 0 Å². The molecule has 36 heavy (non-hydrogen) atoms. The summed E-state index contributed by atoms with van der Waals surface area (Å²) in [5.41, 5.74) is 2.15. The van der Waals surface area contributed by atoms with Crippen LogP contribution in [0.15, 0.2) is 54.6 Å². The third-order valence-electron chi connectivity index (χ3n) is 5.43. The van der Waals surface area contributed by atoms with E-state index in [1.165, 1.54) is 17.7 Å². The standard InChI is InChI=1S/C26H21F9O/c1-2-3-15-4-6-16(7-5-15)8-9-17-10-11-19(20(27)12-17)18-13-21(28)23(22(29)14-18)36-26(34,35)24(30)25(31,32)33/h4-7,10-14,24H,2-3,8-9H2,1H3. The van der Waals surface area contributed by atoms with Crippen LogP contribution < -0.4 is 4.74 Å². The fraction of sp³-hybridized carbons (Fsp3) is 0.308. The minimum atomic E-state index is -6.03. The molecule has 1 unspecified atom stereocenters. The molecule has 3 aromatic rings. The van der Waals surface area contributed by atoms with Crippen LogP contribution in [0.25, 0.3) is 11.1 Å². The van der Waals surface area contributed by atoms with Crippen molar-refractivity contribution in [1.82, 2.24) is 0 Å². The van der Waals surface area contributed by atoms with E-state index in [4.69, 9.17) is 0 Å². The lowest BCUT2D eigenvalue weighted by atomic mass is 9.98. The Hall–Kier alpha value is -3.17. The predicted molar refractivity (Wildman–Crippen MR) is 116 cm³/mol. The Morgan fingerprint density at radius 1 is 0.694 bits per heavy atom.